The zero-order chi connectivity index (χ0) is 16.3. The predicted octanol–water partition coefficient (Wildman–Crippen LogP) is 1.39. The lowest BCUT2D eigenvalue weighted by atomic mass is 10.4. The molecule has 0 aliphatic carbocycles. The molecule has 10 heteroatoms. The van der Waals surface area contributed by atoms with Gasteiger partial charge in [0.2, 0.25) is 11.8 Å². The van der Waals surface area contributed by atoms with Gasteiger partial charge in [0.25, 0.3) is 10.0 Å². The van der Waals surface area contributed by atoms with Crippen LogP contribution in [0.3, 0.4) is 0 Å². The van der Waals surface area contributed by atoms with E-state index in [1.54, 1.807) is 24.4 Å². The molecule has 0 spiro atoms. The molecular formula is C12H14N4O4S2. The summed E-state index contributed by atoms with van der Waals surface area (Å²) in [6.07, 6.45) is 0. The minimum absolute atomic E-state index is 0.0377. The predicted molar refractivity (Wildman–Crippen MR) is 81.8 cm³/mol. The number of ether oxygens (including phenoxy) is 1. The number of urea groups is 1. The van der Waals surface area contributed by atoms with Crippen LogP contribution in [0.5, 0.6) is 5.88 Å². The van der Waals surface area contributed by atoms with E-state index in [1.807, 2.05) is 4.72 Å². The molecule has 0 atom stereocenters. The van der Waals surface area contributed by atoms with Gasteiger partial charge < -0.3 is 4.74 Å². The fourth-order valence-corrected chi connectivity index (χ4v) is 3.49. The largest absolute Gasteiger partial charge is 0.481 e. The van der Waals surface area contributed by atoms with Crippen LogP contribution in [0.4, 0.5) is 10.7 Å². The standard InChI is InChI=1S/C12H14N4O4S2/c1-8-7-9(20-3)14-11(13-8)16(2)12(17)15-22(18,19)10-5-4-6-21-10/h4-7H,1-3H3,(H,15,17). The summed E-state index contributed by atoms with van der Waals surface area (Å²) in [4.78, 5) is 21.2. The van der Waals surface area contributed by atoms with Crippen molar-refractivity contribution < 1.29 is 17.9 Å². The van der Waals surface area contributed by atoms with Crippen LogP contribution in [0.1, 0.15) is 5.69 Å². The van der Waals surface area contributed by atoms with Crippen molar-refractivity contribution >= 4 is 33.3 Å². The van der Waals surface area contributed by atoms with Gasteiger partial charge in [-0.3, -0.25) is 4.90 Å². The van der Waals surface area contributed by atoms with Crippen molar-refractivity contribution in [1.29, 1.82) is 0 Å². The normalized spacial score (nSPS) is 11.0. The van der Waals surface area contributed by atoms with Gasteiger partial charge in [0.05, 0.1) is 7.11 Å². The molecular weight excluding hydrogens is 328 g/mol. The summed E-state index contributed by atoms with van der Waals surface area (Å²) in [6.45, 7) is 1.71. The van der Waals surface area contributed by atoms with Crippen LogP contribution >= 0.6 is 11.3 Å². The summed E-state index contributed by atoms with van der Waals surface area (Å²) in [5, 5.41) is 1.61. The Morgan fingerprint density at radius 1 is 1.41 bits per heavy atom. The molecule has 2 rings (SSSR count). The van der Waals surface area contributed by atoms with Gasteiger partial charge in [-0.15, -0.1) is 11.3 Å². The number of nitrogens with zero attached hydrogens (tertiary/aromatic N) is 3. The first-order chi connectivity index (χ1) is 10.3. The number of thiophene rings is 1. The van der Waals surface area contributed by atoms with Crippen molar-refractivity contribution in [3.05, 3.63) is 29.3 Å². The van der Waals surface area contributed by atoms with E-state index < -0.39 is 16.1 Å². The molecule has 2 aromatic rings. The van der Waals surface area contributed by atoms with Crippen LogP contribution in [-0.2, 0) is 10.0 Å². The zero-order valence-electron chi connectivity index (χ0n) is 12.1. The minimum Gasteiger partial charge on any atom is -0.481 e. The number of carbonyl (C=O) groups is 1. The Bertz CT molecular complexity index is 774. The first kappa shape index (κ1) is 16.2. The Balaban J connectivity index is 2.21. The Hall–Kier alpha value is -2.20. The summed E-state index contributed by atoms with van der Waals surface area (Å²) in [5.74, 6) is 0.319. The zero-order valence-corrected chi connectivity index (χ0v) is 13.7. The number of methoxy groups -OCH3 is 1. The van der Waals surface area contributed by atoms with Crippen molar-refractivity contribution in [2.24, 2.45) is 0 Å². The molecule has 0 saturated carbocycles. The highest BCUT2D eigenvalue weighted by Gasteiger charge is 2.23. The van der Waals surface area contributed by atoms with Gasteiger partial charge in [-0.2, -0.15) is 4.98 Å². The highest BCUT2D eigenvalue weighted by molar-refractivity contribution is 7.92. The second kappa shape index (κ2) is 6.28. The maximum Gasteiger partial charge on any atom is 0.337 e. The van der Waals surface area contributed by atoms with Crippen molar-refractivity contribution in [2.45, 2.75) is 11.1 Å². The van der Waals surface area contributed by atoms with Gasteiger partial charge in [-0.1, -0.05) is 6.07 Å². The lowest BCUT2D eigenvalue weighted by Crippen LogP contribution is -2.41. The number of nitrogens with one attached hydrogen (secondary N) is 1. The number of aryl methyl sites for hydroxylation is 1. The van der Waals surface area contributed by atoms with E-state index in [9.17, 15) is 13.2 Å². The number of aromatic nitrogens is 2. The fraction of sp³-hybridized carbons (Fsp3) is 0.250. The average molecular weight is 342 g/mol. The summed E-state index contributed by atoms with van der Waals surface area (Å²) >= 11 is 1.02. The third-order valence-electron chi connectivity index (χ3n) is 2.61. The van der Waals surface area contributed by atoms with Crippen LogP contribution in [0.2, 0.25) is 0 Å². The summed E-state index contributed by atoms with van der Waals surface area (Å²) < 4.78 is 31.0. The van der Waals surface area contributed by atoms with E-state index in [0.717, 1.165) is 16.2 Å². The van der Waals surface area contributed by atoms with Crippen molar-refractivity contribution in [3.63, 3.8) is 0 Å². The molecule has 0 aromatic carbocycles. The van der Waals surface area contributed by atoms with Crippen LogP contribution in [0.15, 0.2) is 27.8 Å². The van der Waals surface area contributed by atoms with E-state index in [0.29, 0.717) is 5.69 Å². The summed E-state index contributed by atoms with van der Waals surface area (Å²) in [7, 11) is -1.10. The third-order valence-corrected chi connectivity index (χ3v) is 5.33. The van der Waals surface area contributed by atoms with Gasteiger partial charge in [-0.05, 0) is 18.4 Å². The van der Waals surface area contributed by atoms with E-state index >= 15 is 0 Å². The second-order valence-corrected chi connectivity index (χ2v) is 7.11. The minimum atomic E-state index is -3.90. The topological polar surface area (TPSA) is 101 Å². The highest BCUT2D eigenvalue weighted by Crippen LogP contribution is 2.17. The Morgan fingerprint density at radius 3 is 2.73 bits per heavy atom. The number of anilines is 1. The Morgan fingerprint density at radius 2 is 2.14 bits per heavy atom. The smallest absolute Gasteiger partial charge is 0.337 e. The number of hydrogen-bond donors (Lipinski definition) is 1. The number of carbonyl (C=O) groups excluding carboxylic acids is 1. The quantitative estimate of drug-likeness (QED) is 0.901. The molecule has 0 bridgehead atoms. The molecule has 1 N–H and O–H groups in total. The molecule has 0 aliphatic heterocycles. The van der Waals surface area contributed by atoms with E-state index in [4.69, 9.17) is 4.74 Å². The number of sulfonamides is 1. The van der Waals surface area contributed by atoms with E-state index in [2.05, 4.69) is 9.97 Å². The lowest BCUT2D eigenvalue weighted by molar-refractivity contribution is 0.252. The molecule has 0 radical (unpaired) electrons. The molecule has 8 nitrogen and oxygen atoms in total. The fourth-order valence-electron chi connectivity index (χ4n) is 1.52. The molecule has 2 heterocycles. The Labute approximate surface area is 131 Å². The summed E-state index contributed by atoms with van der Waals surface area (Å²) in [6, 6.07) is 3.73. The number of hydrogen-bond acceptors (Lipinski definition) is 7. The number of rotatable bonds is 4. The average Bonchev–Trinajstić information content (AvgIpc) is 3.00. The molecule has 22 heavy (non-hydrogen) atoms. The van der Waals surface area contributed by atoms with Crippen LogP contribution < -0.4 is 14.4 Å². The maximum absolute atomic E-state index is 12.1. The van der Waals surface area contributed by atoms with Crippen molar-refractivity contribution in [3.8, 4) is 5.88 Å². The molecule has 0 saturated heterocycles. The van der Waals surface area contributed by atoms with Gasteiger partial charge >= 0.3 is 6.03 Å². The van der Waals surface area contributed by atoms with E-state index in [-0.39, 0.29) is 16.0 Å². The van der Waals surface area contributed by atoms with E-state index in [1.165, 1.54) is 20.2 Å². The molecule has 2 aromatic heterocycles. The third kappa shape index (κ3) is 3.52. The Kier molecular flexibility index (Phi) is 4.62. The van der Waals surface area contributed by atoms with Gasteiger partial charge in [0, 0.05) is 18.8 Å². The number of amides is 2. The molecule has 0 aliphatic rings. The van der Waals surface area contributed by atoms with Crippen LogP contribution in [0.25, 0.3) is 0 Å². The van der Waals surface area contributed by atoms with Gasteiger partial charge in [0.15, 0.2) is 0 Å². The lowest BCUT2D eigenvalue weighted by Gasteiger charge is -2.16. The van der Waals surface area contributed by atoms with Crippen molar-refractivity contribution in [2.75, 3.05) is 19.1 Å². The molecule has 118 valence electrons. The van der Waals surface area contributed by atoms with Gasteiger partial charge in [0.1, 0.15) is 4.21 Å². The molecule has 0 fully saturated rings. The summed E-state index contributed by atoms with van der Waals surface area (Å²) in [5.41, 5.74) is 0.586. The monoisotopic (exact) mass is 342 g/mol. The molecule has 2 amide bonds. The molecule has 0 unspecified atom stereocenters. The first-order valence-electron chi connectivity index (χ1n) is 6.07. The highest BCUT2D eigenvalue weighted by atomic mass is 32.2. The maximum atomic E-state index is 12.1. The second-order valence-electron chi connectivity index (χ2n) is 4.25. The van der Waals surface area contributed by atoms with Crippen LogP contribution in [0, 0.1) is 6.92 Å². The SMILES string of the molecule is COc1cc(C)nc(N(C)C(=O)NS(=O)(=O)c2cccs2)n1. The first-order valence-corrected chi connectivity index (χ1v) is 8.43. The van der Waals surface area contributed by atoms with Crippen LogP contribution in [-0.4, -0.2) is 38.6 Å². The van der Waals surface area contributed by atoms with Crippen molar-refractivity contribution in [1.82, 2.24) is 14.7 Å². The van der Waals surface area contributed by atoms with Gasteiger partial charge in [-0.25, -0.2) is 22.9 Å².